The SMILES string of the molecule is C.CC.COCCOCCCC1(CCCOCCOCCOCCOCCOCCOCCOCCOCCOCCOCCOCCOC)c2cc(C)ccc2-c2ccc(C)cc21. The number of fused-ring (bicyclic) bond motifs is 3. The number of methoxy groups -OCH3 is 2. The molecule has 2 aromatic carbocycles. The minimum Gasteiger partial charge on any atom is -0.382 e. The summed E-state index contributed by atoms with van der Waals surface area (Å²) in [6, 6.07) is 13.9. The molecule has 0 unspecified atom stereocenters. The van der Waals surface area contributed by atoms with Gasteiger partial charge in [0.05, 0.1) is 159 Å². The Morgan fingerprint density at radius 3 is 0.781 bits per heavy atom. The molecule has 0 saturated carbocycles. The van der Waals surface area contributed by atoms with Crippen LogP contribution < -0.4 is 0 Å². The molecule has 14 nitrogen and oxygen atoms in total. The van der Waals surface area contributed by atoms with Gasteiger partial charge in [0.25, 0.3) is 0 Å². The van der Waals surface area contributed by atoms with Crippen molar-refractivity contribution in [3.8, 4) is 11.1 Å². The second kappa shape index (κ2) is 42.2. The molecule has 1 aliphatic carbocycles. The second-order valence-corrected chi connectivity index (χ2v) is 14.7. The first kappa shape index (κ1) is 59.9. The molecular formula is C50H88O14. The summed E-state index contributed by atoms with van der Waals surface area (Å²) in [6.07, 6.45) is 4.00. The van der Waals surface area contributed by atoms with Crippen LogP contribution in [0.2, 0.25) is 0 Å². The summed E-state index contributed by atoms with van der Waals surface area (Å²) < 4.78 is 77.2. The average Bonchev–Trinajstić information content (AvgIpc) is 3.55. The van der Waals surface area contributed by atoms with E-state index in [1.165, 1.54) is 33.4 Å². The van der Waals surface area contributed by atoms with Gasteiger partial charge in [-0.3, -0.25) is 0 Å². The van der Waals surface area contributed by atoms with Crippen molar-refractivity contribution in [1.29, 1.82) is 0 Å². The second-order valence-electron chi connectivity index (χ2n) is 14.7. The van der Waals surface area contributed by atoms with Gasteiger partial charge >= 0.3 is 0 Å². The Hall–Kier alpha value is -2.12. The zero-order valence-electron chi connectivity index (χ0n) is 39.9. The zero-order valence-corrected chi connectivity index (χ0v) is 39.9. The van der Waals surface area contributed by atoms with Gasteiger partial charge < -0.3 is 66.3 Å². The van der Waals surface area contributed by atoms with Crippen LogP contribution in [0, 0.1) is 13.8 Å². The molecule has 0 radical (unpaired) electrons. The molecule has 0 heterocycles. The molecule has 372 valence electrons. The van der Waals surface area contributed by atoms with E-state index >= 15 is 0 Å². The number of aryl methyl sites for hydroxylation is 2. The quantitative estimate of drug-likeness (QED) is 0.0618. The van der Waals surface area contributed by atoms with Gasteiger partial charge in [-0.2, -0.15) is 0 Å². The lowest BCUT2D eigenvalue weighted by Crippen LogP contribution is -2.27. The third-order valence-electron chi connectivity index (χ3n) is 10.0. The lowest BCUT2D eigenvalue weighted by molar-refractivity contribution is -0.0280. The lowest BCUT2D eigenvalue weighted by atomic mass is 9.71. The van der Waals surface area contributed by atoms with E-state index in [0.29, 0.717) is 165 Å². The number of hydrogen-bond donors (Lipinski definition) is 0. The molecule has 0 bridgehead atoms. The Balaban J connectivity index is 0.00000673. The van der Waals surface area contributed by atoms with Gasteiger partial charge in [-0.15, -0.1) is 0 Å². The van der Waals surface area contributed by atoms with Crippen molar-refractivity contribution < 1.29 is 66.3 Å². The molecule has 0 spiro atoms. The largest absolute Gasteiger partial charge is 0.382 e. The number of ether oxygens (including phenoxy) is 14. The molecule has 64 heavy (non-hydrogen) atoms. The Morgan fingerprint density at radius 1 is 0.328 bits per heavy atom. The van der Waals surface area contributed by atoms with Crippen LogP contribution >= 0.6 is 0 Å². The van der Waals surface area contributed by atoms with Crippen molar-refractivity contribution in [3.63, 3.8) is 0 Å². The Labute approximate surface area is 387 Å². The summed E-state index contributed by atoms with van der Waals surface area (Å²) >= 11 is 0. The fourth-order valence-corrected chi connectivity index (χ4v) is 7.03. The minimum absolute atomic E-state index is 0. The van der Waals surface area contributed by atoms with E-state index in [4.69, 9.17) is 66.3 Å². The summed E-state index contributed by atoms with van der Waals surface area (Å²) in [5.41, 5.74) is 8.15. The predicted molar refractivity (Wildman–Crippen MR) is 252 cm³/mol. The normalized spacial score (nSPS) is 12.5. The van der Waals surface area contributed by atoms with Gasteiger partial charge in [0.15, 0.2) is 0 Å². The molecule has 0 N–H and O–H groups in total. The monoisotopic (exact) mass is 913 g/mol. The maximum Gasteiger partial charge on any atom is 0.0701 e. The van der Waals surface area contributed by atoms with E-state index in [1.54, 1.807) is 14.2 Å². The number of benzene rings is 2. The fourth-order valence-electron chi connectivity index (χ4n) is 7.03. The van der Waals surface area contributed by atoms with Crippen LogP contribution in [0.3, 0.4) is 0 Å². The maximum absolute atomic E-state index is 6.03. The maximum atomic E-state index is 6.03. The first-order valence-electron chi connectivity index (χ1n) is 23.3. The van der Waals surface area contributed by atoms with Gasteiger partial charge in [0.2, 0.25) is 0 Å². The molecule has 14 heteroatoms. The van der Waals surface area contributed by atoms with Crippen LogP contribution in [-0.4, -0.2) is 186 Å². The Kier molecular flexibility index (Phi) is 39.5. The van der Waals surface area contributed by atoms with Gasteiger partial charge in [-0.25, -0.2) is 0 Å². The molecule has 0 saturated heterocycles. The van der Waals surface area contributed by atoms with Crippen molar-refractivity contribution in [2.75, 3.05) is 186 Å². The molecule has 3 rings (SSSR count). The predicted octanol–water partition coefficient (Wildman–Crippen LogP) is 7.28. The smallest absolute Gasteiger partial charge is 0.0701 e. The summed E-state index contributed by atoms with van der Waals surface area (Å²) in [6.45, 7) is 22.6. The van der Waals surface area contributed by atoms with Crippen LogP contribution in [0.1, 0.15) is 69.2 Å². The third kappa shape index (κ3) is 26.9. The van der Waals surface area contributed by atoms with Gasteiger partial charge in [-0.1, -0.05) is 68.8 Å². The fraction of sp³-hybridized carbons (Fsp3) is 0.760. The van der Waals surface area contributed by atoms with Crippen molar-refractivity contribution in [1.82, 2.24) is 0 Å². The van der Waals surface area contributed by atoms with Gasteiger partial charge in [0, 0.05) is 32.8 Å². The molecule has 1 aliphatic rings. The van der Waals surface area contributed by atoms with Crippen molar-refractivity contribution in [2.24, 2.45) is 0 Å². The van der Waals surface area contributed by atoms with Gasteiger partial charge in [-0.05, 0) is 61.8 Å². The van der Waals surface area contributed by atoms with Crippen LogP contribution in [-0.2, 0) is 71.7 Å². The van der Waals surface area contributed by atoms with Crippen LogP contribution in [0.15, 0.2) is 36.4 Å². The van der Waals surface area contributed by atoms with Crippen LogP contribution in [0.4, 0.5) is 0 Å². The molecular weight excluding hydrogens is 825 g/mol. The standard InChI is InChI=1S/C47H78O14.C2H6.CH4/c1-41-7-9-43-44-10-8-42(2)40-46(44)47(45(43)39-41,11-5-13-50-17-15-48-3)12-6-14-51-19-20-53-23-24-55-27-28-57-31-32-59-35-36-61-38-37-60-34-33-58-30-29-56-26-25-54-22-21-52-18-16-49-4;1-2;/h7-10,39-40H,5-6,11-38H2,1-4H3;1-2H3;1H4. The van der Waals surface area contributed by atoms with Crippen LogP contribution in [0.25, 0.3) is 11.1 Å². The summed E-state index contributed by atoms with van der Waals surface area (Å²) in [7, 11) is 3.36. The van der Waals surface area contributed by atoms with E-state index in [2.05, 4.69) is 50.2 Å². The van der Waals surface area contributed by atoms with Crippen LogP contribution in [0.5, 0.6) is 0 Å². The van der Waals surface area contributed by atoms with E-state index in [9.17, 15) is 0 Å². The van der Waals surface area contributed by atoms with E-state index in [0.717, 1.165) is 32.3 Å². The first-order valence-corrected chi connectivity index (χ1v) is 23.3. The molecule has 0 amide bonds. The minimum atomic E-state index is -0.0550. The van der Waals surface area contributed by atoms with E-state index < -0.39 is 0 Å². The number of rotatable bonds is 44. The summed E-state index contributed by atoms with van der Waals surface area (Å²) in [4.78, 5) is 0. The Morgan fingerprint density at radius 2 is 0.547 bits per heavy atom. The lowest BCUT2D eigenvalue weighted by Gasteiger charge is -2.33. The van der Waals surface area contributed by atoms with Crippen molar-refractivity contribution >= 4 is 0 Å². The summed E-state index contributed by atoms with van der Waals surface area (Å²) in [5, 5.41) is 0. The highest BCUT2D eigenvalue weighted by Gasteiger charge is 2.42. The third-order valence-corrected chi connectivity index (χ3v) is 10.0. The highest BCUT2D eigenvalue weighted by molar-refractivity contribution is 5.81. The molecule has 0 aliphatic heterocycles. The molecule has 0 atom stereocenters. The van der Waals surface area contributed by atoms with Crippen molar-refractivity contribution in [3.05, 3.63) is 58.7 Å². The topological polar surface area (TPSA) is 129 Å². The summed E-state index contributed by atoms with van der Waals surface area (Å²) in [5.74, 6) is 0. The van der Waals surface area contributed by atoms with Crippen molar-refractivity contribution in [2.45, 2.75) is 66.2 Å². The highest BCUT2D eigenvalue weighted by atomic mass is 16.6. The molecule has 0 aromatic heterocycles. The molecule has 2 aromatic rings. The van der Waals surface area contributed by atoms with E-state index in [1.807, 2.05) is 13.8 Å². The zero-order chi connectivity index (χ0) is 45.3. The number of hydrogen-bond acceptors (Lipinski definition) is 14. The van der Waals surface area contributed by atoms with Gasteiger partial charge in [0.1, 0.15) is 0 Å². The first-order chi connectivity index (χ1) is 31.1. The Bertz CT molecular complexity index is 1280. The van der Waals surface area contributed by atoms with E-state index in [-0.39, 0.29) is 12.8 Å². The average molecular weight is 913 g/mol. The highest BCUT2D eigenvalue weighted by Crippen LogP contribution is 2.54. The molecule has 0 fully saturated rings.